The Morgan fingerprint density at radius 1 is 0.656 bits per heavy atom. The Morgan fingerprint density at radius 2 is 0.938 bits per heavy atom. The molecule has 184 valence electrons. The van der Waals surface area contributed by atoms with E-state index >= 15 is 0 Å². The van der Waals surface area contributed by atoms with E-state index in [4.69, 9.17) is 9.47 Å². The summed E-state index contributed by atoms with van der Waals surface area (Å²) < 4.78 is 9.94. The Labute approximate surface area is 191 Å². The first-order valence-corrected chi connectivity index (χ1v) is 11.9. The van der Waals surface area contributed by atoms with Crippen LogP contribution in [0.4, 0.5) is 0 Å². The molecule has 0 spiro atoms. The summed E-state index contributed by atoms with van der Waals surface area (Å²) in [6.45, 7) is 8.21. The number of hydrogen-bond donors (Lipinski definition) is 2. The smallest absolute Gasteiger partial charge is 0.309 e. The average molecular weight is 457 g/mol. The maximum atomic E-state index is 11.5. The fourth-order valence-corrected chi connectivity index (χ4v) is 4.73. The van der Waals surface area contributed by atoms with Gasteiger partial charge in [-0.15, -0.1) is 0 Å². The largest absolute Gasteiger partial charge is 0.481 e. The van der Waals surface area contributed by atoms with E-state index in [1.807, 2.05) is 27.7 Å². The van der Waals surface area contributed by atoms with E-state index in [2.05, 4.69) is 0 Å². The molecule has 2 aliphatic rings. The van der Waals surface area contributed by atoms with E-state index in [0.717, 1.165) is 25.7 Å². The van der Waals surface area contributed by atoms with Gasteiger partial charge in [0.25, 0.3) is 0 Å². The first kappa shape index (κ1) is 27.9. The highest BCUT2D eigenvalue weighted by molar-refractivity contribution is 5.78. The molecule has 0 heterocycles. The highest BCUT2D eigenvalue weighted by Crippen LogP contribution is 2.49. The summed E-state index contributed by atoms with van der Waals surface area (Å²) in [5, 5.41) is 18.4. The molecule has 0 aromatic carbocycles. The Bertz CT molecular complexity index is 584. The van der Waals surface area contributed by atoms with Gasteiger partial charge < -0.3 is 19.7 Å². The second kappa shape index (κ2) is 12.8. The minimum atomic E-state index is -0.773. The van der Waals surface area contributed by atoms with Crippen molar-refractivity contribution in [2.45, 2.75) is 91.9 Å². The molecular weight excluding hydrogens is 416 g/mol. The van der Waals surface area contributed by atoms with Crippen LogP contribution in [-0.2, 0) is 28.7 Å². The molecular formula is C24H40O8. The number of carbonyl (C=O) groups excluding carboxylic acids is 2. The van der Waals surface area contributed by atoms with Crippen molar-refractivity contribution in [2.75, 3.05) is 13.2 Å². The van der Waals surface area contributed by atoms with Crippen molar-refractivity contribution in [3.63, 3.8) is 0 Å². The predicted molar refractivity (Wildman–Crippen MR) is 118 cm³/mol. The Morgan fingerprint density at radius 3 is 1.12 bits per heavy atom. The summed E-state index contributed by atoms with van der Waals surface area (Å²) in [6.07, 6.45) is 6.06. The van der Waals surface area contributed by atoms with Crippen LogP contribution in [0.3, 0.4) is 0 Å². The second-order valence-electron chi connectivity index (χ2n) is 8.93. The zero-order chi connectivity index (χ0) is 24.4. The molecule has 8 heteroatoms. The summed E-state index contributed by atoms with van der Waals surface area (Å²) in [7, 11) is 0. The third-order valence-corrected chi connectivity index (χ3v) is 7.39. The van der Waals surface area contributed by atoms with Gasteiger partial charge in [-0.25, -0.2) is 0 Å². The van der Waals surface area contributed by atoms with Crippen LogP contribution in [0.1, 0.15) is 91.9 Å². The molecule has 2 saturated carbocycles. The van der Waals surface area contributed by atoms with Crippen molar-refractivity contribution < 1.29 is 38.9 Å². The molecule has 0 unspecified atom stereocenters. The average Bonchev–Trinajstić information content (AvgIpc) is 2.79. The maximum absolute atomic E-state index is 11.5. The van der Waals surface area contributed by atoms with E-state index < -0.39 is 22.8 Å². The Hall–Kier alpha value is -2.12. The van der Waals surface area contributed by atoms with Crippen molar-refractivity contribution >= 4 is 23.9 Å². The van der Waals surface area contributed by atoms with Crippen LogP contribution in [0.5, 0.6) is 0 Å². The van der Waals surface area contributed by atoms with Gasteiger partial charge in [0, 0.05) is 0 Å². The molecule has 0 amide bonds. The minimum absolute atomic E-state index is 0.0226. The van der Waals surface area contributed by atoms with Gasteiger partial charge in [0.05, 0.1) is 35.9 Å². The molecule has 32 heavy (non-hydrogen) atoms. The lowest BCUT2D eigenvalue weighted by Crippen LogP contribution is -2.42. The van der Waals surface area contributed by atoms with Crippen LogP contribution in [0, 0.1) is 22.7 Å². The highest BCUT2D eigenvalue weighted by atomic mass is 16.5. The predicted octanol–water partition coefficient (Wildman–Crippen LogP) is 4.44. The van der Waals surface area contributed by atoms with Crippen LogP contribution >= 0.6 is 0 Å². The van der Waals surface area contributed by atoms with E-state index in [0.29, 0.717) is 51.7 Å². The molecule has 8 nitrogen and oxygen atoms in total. The zero-order valence-corrected chi connectivity index (χ0v) is 20.0. The van der Waals surface area contributed by atoms with Gasteiger partial charge >= 0.3 is 23.9 Å². The number of rotatable bonds is 8. The first-order valence-electron chi connectivity index (χ1n) is 11.9. The SMILES string of the molecule is CCC1(C(=O)O)CCC(CC)(C(=O)O)CC1.CCOC(=O)C1CCC(C(=O)OCC)CC1. The molecule has 0 aromatic heterocycles. The maximum Gasteiger partial charge on any atom is 0.309 e. The third-order valence-electron chi connectivity index (χ3n) is 7.39. The summed E-state index contributed by atoms with van der Waals surface area (Å²) in [6, 6.07) is 0. The molecule has 0 saturated heterocycles. The first-order chi connectivity index (χ1) is 15.1. The molecule has 2 rings (SSSR count). The number of aliphatic carboxylic acids is 2. The summed E-state index contributed by atoms with van der Waals surface area (Å²) in [5.74, 6) is -1.83. The number of carboxylic acid groups (broad SMARTS) is 2. The lowest BCUT2D eigenvalue weighted by Gasteiger charge is -2.41. The Balaban J connectivity index is 0.000000320. The minimum Gasteiger partial charge on any atom is -0.481 e. The van der Waals surface area contributed by atoms with Crippen molar-refractivity contribution in [1.29, 1.82) is 0 Å². The van der Waals surface area contributed by atoms with Crippen molar-refractivity contribution in [1.82, 2.24) is 0 Å². The van der Waals surface area contributed by atoms with Gasteiger partial charge in [-0.2, -0.15) is 0 Å². The van der Waals surface area contributed by atoms with Crippen LogP contribution in [-0.4, -0.2) is 47.3 Å². The lowest BCUT2D eigenvalue weighted by atomic mass is 9.61. The fourth-order valence-electron chi connectivity index (χ4n) is 4.73. The standard InChI is InChI=1S/2C12H20O4/c1-3-11(9(13)14)5-7-12(4-2,8-6-11)10(15)16;1-3-15-11(13)9-5-7-10(8-6-9)12(14)16-4-2/h3-8H2,1-2H3,(H,13,14)(H,15,16);9-10H,3-8H2,1-2H3. The molecule has 0 radical (unpaired) electrons. The van der Waals surface area contributed by atoms with Crippen molar-refractivity contribution in [3.05, 3.63) is 0 Å². The monoisotopic (exact) mass is 456 g/mol. The van der Waals surface area contributed by atoms with Gasteiger partial charge in [0.2, 0.25) is 0 Å². The molecule has 0 aliphatic heterocycles. The third kappa shape index (κ3) is 6.94. The number of hydrogen-bond acceptors (Lipinski definition) is 6. The van der Waals surface area contributed by atoms with Gasteiger partial charge in [-0.1, -0.05) is 13.8 Å². The van der Waals surface area contributed by atoms with E-state index in [9.17, 15) is 29.4 Å². The Kier molecular flexibility index (Phi) is 11.2. The van der Waals surface area contributed by atoms with Crippen molar-refractivity contribution in [2.24, 2.45) is 22.7 Å². The summed E-state index contributed by atoms with van der Waals surface area (Å²) in [4.78, 5) is 45.4. The number of esters is 2. The molecule has 2 fully saturated rings. The summed E-state index contributed by atoms with van der Waals surface area (Å²) >= 11 is 0. The van der Waals surface area contributed by atoms with Gasteiger partial charge in [0.1, 0.15) is 0 Å². The van der Waals surface area contributed by atoms with Gasteiger partial charge in [-0.05, 0) is 78.1 Å². The van der Waals surface area contributed by atoms with Crippen LogP contribution in [0.15, 0.2) is 0 Å². The molecule has 2 N–H and O–H groups in total. The molecule has 0 bridgehead atoms. The number of ether oxygens (including phenoxy) is 2. The molecule has 0 atom stereocenters. The topological polar surface area (TPSA) is 127 Å². The summed E-state index contributed by atoms with van der Waals surface area (Å²) in [5.41, 5.74) is -1.37. The molecule has 2 aliphatic carbocycles. The normalized spacial score (nSPS) is 29.8. The lowest BCUT2D eigenvalue weighted by molar-refractivity contribution is -0.161. The van der Waals surface area contributed by atoms with Crippen LogP contribution in [0.25, 0.3) is 0 Å². The van der Waals surface area contributed by atoms with Crippen molar-refractivity contribution in [3.8, 4) is 0 Å². The second-order valence-corrected chi connectivity index (χ2v) is 8.93. The molecule has 0 aromatic rings. The zero-order valence-electron chi connectivity index (χ0n) is 20.0. The highest BCUT2D eigenvalue weighted by Gasteiger charge is 2.48. The fraction of sp³-hybridized carbons (Fsp3) is 0.833. The van der Waals surface area contributed by atoms with Crippen LogP contribution in [0.2, 0.25) is 0 Å². The van der Waals surface area contributed by atoms with Gasteiger partial charge in [-0.3, -0.25) is 19.2 Å². The number of carboxylic acids is 2. The van der Waals surface area contributed by atoms with E-state index in [-0.39, 0.29) is 23.8 Å². The number of carbonyl (C=O) groups is 4. The van der Waals surface area contributed by atoms with E-state index in [1.54, 1.807) is 0 Å². The van der Waals surface area contributed by atoms with E-state index in [1.165, 1.54) is 0 Å². The quantitative estimate of drug-likeness (QED) is 0.513. The van der Waals surface area contributed by atoms with Gasteiger partial charge in [0.15, 0.2) is 0 Å². The van der Waals surface area contributed by atoms with Crippen LogP contribution < -0.4 is 0 Å².